The van der Waals surface area contributed by atoms with Crippen LogP contribution in [0.3, 0.4) is 0 Å². The van der Waals surface area contributed by atoms with Crippen LogP contribution in [0.25, 0.3) is 0 Å². The van der Waals surface area contributed by atoms with Crippen LogP contribution in [0.2, 0.25) is 0 Å². The molecule has 0 bridgehead atoms. The van der Waals surface area contributed by atoms with Gasteiger partial charge in [0.1, 0.15) is 0 Å². The van der Waals surface area contributed by atoms with E-state index in [1.165, 1.54) is 19.4 Å². The van der Waals surface area contributed by atoms with E-state index in [0.717, 1.165) is 5.57 Å². The molecule has 5 nitrogen and oxygen atoms in total. The van der Waals surface area contributed by atoms with E-state index in [-0.39, 0.29) is 5.91 Å². The number of nitrogens with one attached hydrogen (secondary N) is 1. The number of nitrogen functional groups attached to an aromatic ring is 1. The SMILES string of the molecule is COc1cc(N)cnc1NC(=O)C=C(C)C. The number of amides is 1. The smallest absolute Gasteiger partial charge is 0.249 e. The molecule has 1 amide bonds. The van der Waals surface area contributed by atoms with Crippen molar-refractivity contribution in [1.29, 1.82) is 0 Å². The third kappa shape index (κ3) is 3.27. The molecule has 0 spiro atoms. The van der Waals surface area contributed by atoms with Gasteiger partial charge >= 0.3 is 0 Å². The number of hydrogen-bond donors (Lipinski definition) is 2. The number of hydrogen-bond acceptors (Lipinski definition) is 4. The lowest BCUT2D eigenvalue weighted by Gasteiger charge is -2.08. The molecule has 0 fully saturated rings. The summed E-state index contributed by atoms with van der Waals surface area (Å²) in [4.78, 5) is 15.4. The molecule has 0 saturated heterocycles. The van der Waals surface area contributed by atoms with Crippen molar-refractivity contribution in [2.45, 2.75) is 13.8 Å². The first-order valence-corrected chi connectivity index (χ1v) is 4.78. The van der Waals surface area contributed by atoms with E-state index in [9.17, 15) is 4.79 Å². The molecule has 1 rings (SSSR count). The van der Waals surface area contributed by atoms with Crippen LogP contribution in [0.15, 0.2) is 23.9 Å². The first-order valence-electron chi connectivity index (χ1n) is 4.78. The molecule has 0 unspecified atom stereocenters. The zero-order valence-electron chi connectivity index (χ0n) is 9.57. The minimum atomic E-state index is -0.240. The molecule has 0 aliphatic rings. The molecule has 0 radical (unpaired) electrons. The molecule has 16 heavy (non-hydrogen) atoms. The Labute approximate surface area is 94.3 Å². The fraction of sp³-hybridized carbons (Fsp3) is 0.273. The van der Waals surface area contributed by atoms with Crippen LogP contribution in [0.4, 0.5) is 11.5 Å². The second-order valence-corrected chi connectivity index (χ2v) is 3.53. The Hall–Kier alpha value is -2.04. The maximum atomic E-state index is 11.5. The average Bonchev–Trinajstić information content (AvgIpc) is 2.19. The van der Waals surface area contributed by atoms with Gasteiger partial charge in [0.05, 0.1) is 19.0 Å². The first-order chi connectivity index (χ1) is 7.52. The number of allylic oxidation sites excluding steroid dienone is 1. The first kappa shape index (κ1) is 12.0. The van der Waals surface area contributed by atoms with Gasteiger partial charge in [0.25, 0.3) is 0 Å². The second-order valence-electron chi connectivity index (χ2n) is 3.53. The van der Waals surface area contributed by atoms with Gasteiger partial charge in [-0.2, -0.15) is 0 Å². The van der Waals surface area contributed by atoms with Crippen molar-refractivity contribution >= 4 is 17.4 Å². The Morgan fingerprint density at radius 2 is 2.25 bits per heavy atom. The molecule has 0 aliphatic heterocycles. The number of nitrogens with zero attached hydrogens (tertiary/aromatic N) is 1. The summed E-state index contributed by atoms with van der Waals surface area (Å²) in [5, 5.41) is 2.61. The molecule has 0 aliphatic carbocycles. The van der Waals surface area contributed by atoms with Gasteiger partial charge in [0, 0.05) is 12.1 Å². The van der Waals surface area contributed by atoms with Gasteiger partial charge in [-0.05, 0) is 13.8 Å². The van der Waals surface area contributed by atoms with Gasteiger partial charge in [-0.25, -0.2) is 4.98 Å². The lowest BCUT2D eigenvalue weighted by molar-refractivity contribution is -0.112. The highest BCUT2D eigenvalue weighted by molar-refractivity contribution is 5.99. The van der Waals surface area contributed by atoms with E-state index in [1.807, 2.05) is 13.8 Å². The molecule has 0 atom stereocenters. The van der Waals surface area contributed by atoms with Crippen molar-refractivity contribution in [3.63, 3.8) is 0 Å². The topological polar surface area (TPSA) is 77.2 Å². The molecule has 1 heterocycles. The number of ether oxygens (including phenoxy) is 1. The predicted molar refractivity (Wildman–Crippen MR) is 63.3 cm³/mol. The van der Waals surface area contributed by atoms with Gasteiger partial charge < -0.3 is 15.8 Å². The minimum absolute atomic E-state index is 0.240. The summed E-state index contributed by atoms with van der Waals surface area (Å²) in [5.41, 5.74) is 6.94. The van der Waals surface area contributed by atoms with E-state index in [0.29, 0.717) is 17.3 Å². The molecule has 86 valence electrons. The highest BCUT2D eigenvalue weighted by Crippen LogP contribution is 2.23. The summed E-state index contributed by atoms with van der Waals surface area (Å²) in [6.45, 7) is 3.68. The fourth-order valence-corrected chi connectivity index (χ4v) is 1.12. The number of carbonyl (C=O) groups excluding carboxylic acids is 1. The van der Waals surface area contributed by atoms with Crippen molar-refractivity contribution < 1.29 is 9.53 Å². The normalized spacial score (nSPS) is 9.44. The molecular weight excluding hydrogens is 206 g/mol. The van der Waals surface area contributed by atoms with Crippen molar-refractivity contribution in [3.05, 3.63) is 23.9 Å². The third-order valence-corrected chi connectivity index (χ3v) is 1.76. The summed E-state index contributed by atoms with van der Waals surface area (Å²) < 4.78 is 5.05. The molecule has 1 aromatic rings. The van der Waals surface area contributed by atoms with Crippen LogP contribution in [0.5, 0.6) is 5.75 Å². The van der Waals surface area contributed by atoms with Gasteiger partial charge in [0.15, 0.2) is 11.6 Å². The third-order valence-electron chi connectivity index (χ3n) is 1.76. The average molecular weight is 221 g/mol. The molecule has 0 saturated carbocycles. The molecule has 1 aromatic heterocycles. The van der Waals surface area contributed by atoms with Gasteiger partial charge in [0.2, 0.25) is 5.91 Å². The number of carbonyl (C=O) groups is 1. The van der Waals surface area contributed by atoms with Crippen LogP contribution in [0, 0.1) is 0 Å². The van der Waals surface area contributed by atoms with E-state index < -0.39 is 0 Å². The van der Waals surface area contributed by atoms with Gasteiger partial charge in [-0.1, -0.05) is 5.57 Å². The van der Waals surface area contributed by atoms with E-state index >= 15 is 0 Å². The van der Waals surface area contributed by atoms with Crippen molar-refractivity contribution in [2.24, 2.45) is 0 Å². The lowest BCUT2D eigenvalue weighted by Crippen LogP contribution is -2.11. The largest absolute Gasteiger partial charge is 0.493 e. The van der Waals surface area contributed by atoms with Gasteiger partial charge in [-0.3, -0.25) is 4.79 Å². The van der Waals surface area contributed by atoms with Crippen molar-refractivity contribution in [1.82, 2.24) is 4.98 Å². The van der Waals surface area contributed by atoms with Crippen LogP contribution in [-0.2, 0) is 4.79 Å². The highest BCUT2D eigenvalue weighted by Gasteiger charge is 2.07. The summed E-state index contributed by atoms with van der Waals surface area (Å²) >= 11 is 0. The standard InChI is InChI=1S/C11H15N3O2/c1-7(2)4-10(15)14-11-9(16-3)5-8(12)6-13-11/h4-6H,12H2,1-3H3,(H,13,14,15). The number of rotatable bonds is 3. The number of anilines is 2. The van der Waals surface area contributed by atoms with E-state index in [4.69, 9.17) is 10.5 Å². The van der Waals surface area contributed by atoms with Crippen LogP contribution in [-0.4, -0.2) is 18.0 Å². The second kappa shape index (κ2) is 5.16. The Morgan fingerprint density at radius 3 is 2.81 bits per heavy atom. The van der Waals surface area contributed by atoms with Crippen molar-refractivity contribution in [2.75, 3.05) is 18.2 Å². The number of pyridine rings is 1. The Bertz CT molecular complexity index is 423. The summed E-state index contributed by atoms with van der Waals surface area (Å²) in [5.74, 6) is 0.560. The van der Waals surface area contributed by atoms with Crippen LogP contribution < -0.4 is 15.8 Å². The minimum Gasteiger partial charge on any atom is -0.493 e. The Kier molecular flexibility index (Phi) is 3.88. The van der Waals surface area contributed by atoms with Crippen LogP contribution in [0.1, 0.15) is 13.8 Å². The predicted octanol–water partition coefficient (Wildman–Crippen LogP) is 1.58. The number of nitrogens with two attached hydrogens (primary N) is 1. The molecular formula is C11H15N3O2. The van der Waals surface area contributed by atoms with Crippen molar-refractivity contribution in [3.8, 4) is 5.75 Å². The van der Waals surface area contributed by atoms with E-state index in [1.54, 1.807) is 6.07 Å². The summed E-state index contributed by atoms with van der Waals surface area (Å²) in [7, 11) is 1.49. The maximum Gasteiger partial charge on any atom is 0.249 e. The Morgan fingerprint density at radius 1 is 1.56 bits per heavy atom. The summed E-state index contributed by atoms with van der Waals surface area (Å²) in [6, 6.07) is 1.60. The number of aromatic nitrogens is 1. The zero-order valence-corrected chi connectivity index (χ0v) is 9.57. The Balaban J connectivity index is 2.89. The molecule has 3 N–H and O–H groups in total. The summed E-state index contributed by atoms with van der Waals surface area (Å²) in [6.07, 6.45) is 2.94. The molecule has 0 aromatic carbocycles. The van der Waals surface area contributed by atoms with E-state index in [2.05, 4.69) is 10.3 Å². The number of methoxy groups -OCH3 is 1. The van der Waals surface area contributed by atoms with Crippen LogP contribution >= 0.6 is 0 Å². The fourth-order valence-electron chi connectivity index (χ4n) is 1.12. The monoisotopic (exact) mass is 221 g/mol. The molecule has 5 heteroatoms. The highest BCUT2D eigenvalue weighted by atomic mass is 16.5. The van der Waals surface area contributed by atoms with Gasteiger partial charge in [-0.15, -0.1) is 0 Å². The lowest BCUT2D eigenvalue weighted by atomic mass is 10.3. The quantitative estimate of drug-likeness (QED) is 0.759. The maximum absolute atomic E-state index is 11.5. The zero-order chi connectivity index (χ0) is 12.1.